The van der Waals surface area contributed by atoms with Gasteiger partial charge in [0.2, 0.25) is 0 Å². The van der Waals surface area contributed by atoms with Crippen LogP contribution in [0, 0.1) is 0 Å². The average Bonchev–Trinajstić information content (AvgIpc) is 3.31. The van der Waals surface area contributed by atoms with Gasteiger partial charge in [0.15, 0.2) is 0 Å². The Morgan fingerprint density at radius 2 is 1.81 bits per heavy atom. The summed E-state index contributed by atoms with van der Waals surface area (Å²) >= 11 is 6.37. The minimum absolute atomic E-state index is 0.276. The minimum atomic E-state index is -4.48. The number of amides is 1. The van der Waals surface area contributed by atoms with E-state index in [0.29, 0.717) is 33.4 Å². The maximum absolute atomic E-state index is 13.5. The van der Waals surface area contributed by atoms with Crippen LogP contribution in [0.4, 0.5) is 18.9 Å². The molecule has 0 saturated heterocycles. The van der Waals surface area contributed by atoms with Crippen LogP contribution in [0.1, 0.15) is 29.7 Å². The Labute approximate surface area is 208 Å². The summed E-state index contributed by atoms with van der Waals surface area (Å²) in [6, 6.07) is 16.1. The molecule has 182 valence electrons. The van der Waals surface area contributed by atoms with Crippen molar-refractivity contribution in [2.75, 3.05) is 5.32 Å². The number of nitrogens with one attached hydrogen (secondary N) is 3. The fourth-order valence-corrected chi connectivity index (χ4v) is 4.30. The number of alkyl halides is 3. The summed E-state index contributed by atoms with van der Waals surface area (Å²) in [6.07, 6.45) is -2.83. The van der Waals surface area contributed by atoms with Gasteiger partial charge in [0.1, 0.15) is 11.9 Å². The Bertz CT molecular complexity index is 1520. The molecule has 4 aromatic rings. The molecule has 1 aliphatic heterocycles. The van der Waals surface area contributed by atoms with Crippen LogP contribution >= 0.6 is 11.6 Å². The zero-order chi connectivity index (χ0) is 25.4. The van der Waals surface area contributed by atoms with Gasteiger partial charge in [-0.1, -0.05) is 35.9 Å². The monoisotopic (exact) mass is 509 g/mol. The topological polar surface area (TPSA) is 82.2 Å². The van der Waals surface area contributed by atoms with Gasteiger partial charge in [-0.05, 0) is 55.0 Å². The number of hydrogen-bond acceptors (Lipinski definition) is 4. The van der Waals surface area contributed by atoms with E-state index in [1.165, 1.54) is 12.1 Å². The molecule has 0 radical (unpaired) electrons. The zero-order valence-corrected chi connectivity index (χ0v) is 19.6. The predicted molar refractivity (Wildman–Crippen MR) is 133 cm³/mol. The van der Waals surface area contributed by atoms with Gasteiger partial charge in [0.25, 0.3) is 5.91 Å². The molecule has 2 heterocycles. The molecule has 1 amide bonds. The van der Waals surface area contributed by atoms with Gasteiger partial charge in [-0.25, -0.2) is 0 Å². The lowest BCUT2D eigenvalue weighted by atomic mass is 9.94. The lowest BCUT2D eigenvalue weighted by Gasteiger charge is -2.27. The number of nitrogens with zero attached hydrogens (tertiary/aromatic N) is 2. The van der Waals surface area contributed by atoms with Crippen LogP contribution in [0.5, 0.6) is 0 Å². The van der Waals surface area contributed by atoms with Crippen LogP contribution in [-0.4, -0.2) is 21.9 Å². The maximum Gasteiger partial charge on any atom is 0.416 e. The van der Waals surface area contributed by atoms with E-state index in [2.05, 4.69) is 20.8 Å². The van der Waals surface area contributed by atoms with Crippen molar-refractivity contribution in [1.29, 1.82) is 0 Å². The molecule has 0 fully saturated rings. The number of hydrogen-bond donors (Lipinski definition) is 3. The largest absolute Gasteiger partial charge is 0.416 e. The summed E-state index contributed by atoms with van der Waals surface area (Å²) in [6.45, 7) is 1.72. The third kappa shape index (κ3) is 4.57. The number of aromatic amines is 1. The predicted octanol–water partition coefficient (Wildman–Crippen LogP) is 6.24. The van der Waals surface area contributed by atoms with Gasteiger partial charge in [-0.2, -0.15) is 18.3 Å². The van der Waals surface area contributed by atoms with Crippen LogP contribution in [0.25, 0.3) is 10.9 Å². The lowest BCUT2D eigenvalue weighted by Crippen LogP contribution is -2.34. The van der Waals surface area contributed by atoms with Crippen molar-refractivity contribution in [3.05, 3.63) is 106 Å². The number of anilines is 1. The molecule has 1 aromatic heterocycles. The van der Waals surface area contributed by atoms with Crippen molar-refractivity contribution in [2.24, 2.45) is 4.99 Å². The smallest absolute Gasteiger partial charge is 0.343 e. The number of carbonyl (C=O) groups is 1. The Kier molecular flexibility index (Phi) is 6.01. The molecule has 0 spiro atoms. The number of allylic oxidation sites excluding steroid dienone is 1. The third-order valence-electron chi connectivity index (χ3n) is 5.87. The van der Waals surface area contributed by atoms with E-state index in [4.69, 9.17) is 16.6 Å². The van der Waals surface area contributed by atoms with E-state index in [-0.39, 0.29) is 5.57 Å². The summed E-state index contributed by atoms with van der Waals surface area (Å²) < 4.78 is 39.5. The number of rotatable bonds is 4. The zero-order valence-electron chi connectivity index (χ0n) is 18.8. The quantitative estimate of drug-likeness (QED) is 0.304. The number of halogens is 4. The maximum atomic E-state index is 13.5. The highest BCUT2D eigenvalue weighted by atomic mass is 35.5. The molecule has 36 heavy (non-hydrogen) atoms. The van der Waals surface area contributed by atoms with Gasteiger partial charge in [-0.3, -0.25) is 14.9 Å². The van der Waals surface area contributed by atoms with Crippen molar-refractivity contribution >= 4 is 39.9 Å². The molecule has 6 nitrogen and oxygen atoms in total. The van der Waals surface area contributed by atoms with Crippen LogP contribution in [0.3, 0.4) is 0 Å². The van der Waals surface area contributed by atoms with Crippen LogP contribution in [0.2, 0.25) is 5.02 Å². The average molecular weight is 510 g/mol. The number of amidine groups is 1. The third-order valence-corrected chi connectivity index (χ3v) is 6.20. The van der Waals surface area contributed by atoms with Gasteiger partial charge in [0, 0.05) is 22.3 Å². The minimum Gasteiger partial charge on any atom is -0.343 e. The van der Waals surface area contributed by atoms with Gasteiger partial charge in [-0.15, -0.1) is 0 Å². The summed E-state index contributed by atoms with van der Waals surface area (Å²) in [5.41, 5.74) is 2.41. The molecule has 1 aliphatic rings. The summed E-state index contributed by atoms with van der Waals surface area (Å²) in [5.74, 6) is -0.0194. The number of fused-ring (bicyclic) bond motifs is 1. The van der Waals surface area contributed by atoms with Crippen molar-refractivity contribution in [1.82, 2.24) is 15.5 Å². The molecule has 1 atom stereocenters. The van der Waals surface area contributed by atoms with Crippen LogP contribution in [-0.2, 0) is 11.0 Å². The number of benzene rings is 3. The number of aromatic nitrogens is 2. The Hall–Kier alpha value is -4.11. The highest BCUT2D eigenvalue weighted by molar-refractivity contribution is 6.34. The van der Waals surface area contributed by atoms with E-state index < -0.39 is 23.7 Å². The Morgan fingerprint density at radius 3 is 2.53 bits per heavy atom. The molecule has 3 aromatic carbocycles. The second kappa shape index (κ2) is 9.16. The second-order valence-electron chi connectivity index (χ2n) is 8.27. The number of H-pyrrole nitrogens is 1. The summed E-state index contributed by atoms with van der Waals surface area (Å²) in [4.78, 5) is 18.2. The van der Waals surface area contributed by atoms with E-state index in [0.717, 1.165) is 23.0 Å². The lowest BCUT2D eigenvalue weighted by molar-refractivity contribution is -0.137. The summed E-state index contributed by atoms with van der Waals surface area (Å²) in [5, 5.41) is 14.1. The van der Waals surface area contributed by atoms with Crippen molar-refractivity contribution in [3.8, 4) is 0 Å². The van der Waals surface area contributed by atoms with Gasteiger partial charge >= 0.3 is 6.18 Å². The fourth-order valence-electron chi connectivity index (χ4n) is 4.08. The Balaban J connectivity index is 1.54. The number of carbonyl (C=O) groups excluding carboxylic acids is 1. The van der Waals surface area contributed by atoms with Crippen molar-refractivity contribution in [2.45, 2.75) is 19.1 Å². The van der Waals surface area contributed by atoms with Crippen molar-refractivity contribution < 1.29 is 18.0 Å². The highest BCUT2D eigenvalue weighted by Gasteiger charge is 2.33. The molecule has 0 aliphatic carbocycles. The fraction of sp³-hybridized carbons (Fsp3) is 0.115. The van der Waals surface area contributed by atoms with Gasteiger partial charge in [0.05, 0.1) is 27.9 Å². The normalized spacial score (nSPS) is 16.0. The second-order valence-corrected chi connectivity index (χ2v) is 8.68. The van der Waals surface area contributed by atoms with Crippen molar-refractivity contribution in [3.63, 3.8) is 0 Å². The molecular weight excluding hydrogens is 491 g/mol. The first-order chi connectivity index (χ1) is 17.2. The van der Waals surface area contributed by atoms with Crippen LogP contribution < -0.4 is 10.6 Å². The molecule has 0 bridgehead atoms. The van der Waals surface area contributed by atoms with Gasteiger partial charge < -0.3 is 10.6 Å². The van der Waals surface area contributed by atoms with E-state index >= 15 is 0 Å². The molecule has 10 heteroatoms. The van der Waals surface area contributed by atoms with E-state index in [1.807, 2.05) is 0 Å². The van der Waals surface area contributed by atoms with E-state index in [1.54, 1.807) is 55.6 Å². The Morgan fingerprint density at radius 1 is 1.06 bits per heavy atom. The van der Waals surface area contributed by atoms with E-state index in [9.17, 15) is 18.0 Å². The first-order valence-electron chi connectivity index (χ1n) is 10.9. The molecule has 5 rings (SSSR count). The SMILES string of the molecule is CC1=C(C(=O)Nc2ccc3[nH]ncc3c2)C(c2ccc(C(F)(F)F)cc2)N=C(c2ccccc2Cl)N1. The van der Waals surface area contributed by atoms with Crippen LogP contribution in [0.15, 0.2) is 89.2 Å². The highest BCUT2D eigenvalue weighted by Crippen LogP contribution is 2.36. The first-order valence-corrected chi connectivity index (χ1v) is 11.3. The first kappa shape index (κ1) is 23.6. The molecule has 1 unspecified atom stereocenters. The molecule has 0 saturated carbocycles. The standard InChI is InChI=1S/C26H19ClF3N5O/c1-14-22(25(36)33-18-10-11-21-16(12-18)13-31-35-21)23(15-6-8-17(9-7-15)26(28,29)30)34-24(32-14)19-4-2-3-5-20(19)27/h2-13,23H,1H3,(H,31,35)(H,32,34)(H,33,36). The molecule has 3 N–H and O–H groups in total. The number of aliphatic imine (C=N–C) groups is 1. The summed E-state index contributed by atoms with van der Waals surface area (Å²) in [7, 11) is 0. The molecular formula is C26H19ClF3N5O.